The minimum Gasteiger partial charge on any atom is -0.463 e. The van der Waals surface area contributed by atoms with Crippen LogP contribution in [-0.2, 0) is 9.53 Å². The highest BCUT2D eigenvalue weighted by Crippen LogP contribution is 2.46. The average molecular weight is 350 g/mol. The molecular formula is C13H11Cl3N2O3. The fourth-order valence-corrected chi connectivity index (χ4v) is 3.21. The molecule has 0 saturated heterocycles. The molecule has 3 rings (SSSR count). The number of fused-ring (bicyclic) bond motifs is 3. The largest absolute Gasteiger partial charge is 0.463 e. The Morgan fingerprint density at radius 1 is 1.48 bits per heavy atom. The van der Waals surface area contributed by atoms with Crippen molar-refractivity contribution in [2.45, 2.75) is 23.2 Å². The fraction of sp³-hybridized carbons (Fsp3) is 0.385. The quantitative estimate of drug-likeness (QED) is 0.467. The van der Waals surface area contributed by atoms with Crippen molar-refractivity contribution in [3.05, 3.63) is 29.6 Å². The van der Waals surface area contributed by atoms with Crippen LogP contribution in [0.4, 0.5) is 0 Å². The Hall–Kier alpha value is -1.17. The van der Waals surface area contributed by atoms with Crippen molar-refractivity contribution >= 4 is 46.5 Å². The fourth-order valence-electron chi connectivity index (χ4n) is 2.29. The van der Waals surface area contributed by atoms with Gasteiger partial charge >= 0.3 is 5.97 Å². The number of nitrogens with zero attached hydrogens (tertiary/aromatic N) is 2. The summed E-state index contributed by atoms with van der Waals surface area (Å²) < 4.78 is 5.07. The summed E-state index contributed by atoms with van der Waals surface area (Å²) in [5.41, 5.74) is 0.408. The van der Waals surface area contributed by atoms with E-state index in [9.17, 15) is 4.79 Å². The van der Waals surface area contributed by atoms with Crippen molar-refractivity contribution in [1.82, 2.24) is 10.0 Å². The molecular weight excluding hydrogens is 339 g/mol. The van der Waals surface area contributed by atoms with Crippen molar-refractivity contribution in [3.63, 3.8) is 0 Å². The number of esters is 1. The van der Waals surface area contributed by atoms with E-state index in [-0.39, 0.29) is 12.2 Å². The van der Waals surface area contributed by atoms with E-state index in [0.717, 1.165) is 0 Å². The molecule has 112 valence electrons. The molecule has 21 heavy (non-hydrogen) atoms. The van der Waals surface area contributed by atoms with Crippen LogP contribution in [-0.4, -0.2) is 38.9 Å². The van der Waals surface area contributed by atoms with E-state index >= 15 is 0 Å². The number of hydrogen-bond acceptors (Lipinski definition) is 5. The van der Waals surface area contributed by atoms with E-state index in [0.29, 0.717) is 17.1 Å². The van der Waals surface area contributed by atoms with E-state index in [2.05, 4.69) is 4.98 Å². The predicted molar refractivity (Wildman–Crippen MR) is 79.2 cm³/mol. The maximum absolute atomic E-state index is 12.2. The van der Waals surface area contributed by atoms with Gasteiger partial charge in [-0.3, -0.25) is 4.98 Å². The molecule has 0 aromatic carbocycles. The molecule has 0 fully saturated rings. The van der Waals surface area contributed by atoms with Crippen molar-refractivity contribution < 1.29 is 14.4 Å². The third kappa shape index (κ3) is 2.24. The monoisotopic (exact) mass is 348 g/mol. The Morgan fingerprint density at radius 3 is 2.95 bits per heavy atom. The second kappa shape index (κ2) is 5.55. The van der Waals surface area contributed by atoms with Gasteiger partial charge in [-0.05, 0) is 19.1 Å². The number of carbonyl (C=O) groups is 1. The normalized spacial score (nSPS) is 27.0. The molecule has 0 unspecified atom stereocenters. The lowest BCUT2D eigenvalue weighted by Crippen LogP contribution is -2.47. The minimum atomic E-state index is -0.795. The van der Waals surface area contributed by atoms with Crippen LogP contribution in [0.2, 0.25) is 0 Å². The SMILES string of the molecule is CCOC(=O)C1=C2c3ncccc3ON2[C@H](Cl)[C@@H](Cl)[C@H]1Cl. The second-order valence-electron chi connectivity index (χ2n) is 4.47. The number of pyridine rings is 1. The van der Waals surface area contributed by atoms with Crippen LogP contribution in [0.3, 0.4) is 0 Å². The van der Waals surface area contributed by atoms with Crippen LogP contribution in [0, 0.1) is 0 Å². The van der Waals surface area contributed by atoms with E-state index in [1.807, 2.05) is 0 Å². The summed E-state index contributed by atoms with van der Waals surface area (Å²) >= 11 is 18.8. The van der Waals surface area contributed by atoms with Gasteiger partial charge in [-0.1, -0.05) is 11.6 Å². The molecule has 0 N–H and O–H groups in total. The van der Waals surface area contributed by atoms with E-state index in [1.54, 1.807) is 25.3 Å². The number of alkyl halides is 3. The number of halogens is 3. The summed E-state index contributed by atoms with van der Waals surface area (Å²) in [7, 11) is 0. The summed E-state index contributed by atoms with van der Waals surface area (Å²) in [6, 6.07) is 3.45. The maximum atomic E-state index is 12.2. The van der Waals surface area contributed by atoms with Crippen molar-refractivity contribution in [1.29, 1.82) is 0 Å². The molecule has 0 radical (unpaired) electrons. The smallest absolute Gasteiger partial charge is 0.337 e. The standard InChI is InChI=1S/C13H11Cl3N2O3/c1-2-20-13(19)7-8(14)9(15)12(16)18-11(7)10-6(21-18)4-3-5-17-10/h3-5,8-9,12H,2H2,1H3/t8-,9-,12-/m0/s1. The van der Waals surface area contributed by atoms with Gasteiger partial charge in [0.1, 0.15) is 11.4 Å². The summed E-state index contributed by atoms with van der Waals surface area (Å²) in [6.45, 7) is 1.94. The molecule has 1 aromatic rings. The van der Waals surface area contributed by atoms with Crippen LogP contribution < -0.4 is 4.84 Å². The van der Waals surface area contributed by atoms with Gasteiger partial charge in [0.25, 0.3) is 0 Å². The number of carbonyl (C=O) groups excluding carboxylic acids is 1. The molecule has 3 heterocycles. The average Bonchev–Trinajstić information content (AvgIpc) is 2.85. The molecule has 2 aliphatic heterocycles. The Bertz CT molecular complexity index is 622. The van der Waals surface area contributed by atoms with Crippen molar-refractivity contribution in [2.75, 3.05) is 6.61 Å². The van der Waals surface area contributed by atoms with Crippen molar-refractivity contribution in [2.24, 2.45) is 0 Å². The summed E-state index contributed by atoms with van der Waals surface area (Å²) in [5, 5.41) is -0.149. The Labute approximate surface area is 136 Å². The van der Waals surface area contributed by atoms with Crippen LogP contribution in [0.15, 0.2) is 23.9 Å². The molecule has 0 aliphatic carbocycles. The Balaban J connectivity index is 2.19. The third-order valence-electron chi connectivity index (χ3n) is 3.20. The number of aromatic nitrogens is 1. The van der Waals surface area contributed by atoms with Crippen molar-refractivity contribution in [3.8, 4) is 5.75 Å². The summed E-state index contributed by atoms with van der Waals surface area (Å²) in [5.74, 6) is -0.0524. The lowest BCUT2D eigenvalue weighted by molar-refractivity contribution is -0.139. The predicted octanol–water partition coefficient (Wildman–Crippen LogP) is 2.76. The van der Waals surface area contributed by atoms with Gasteiger partial charge in [0.2, 0.25) is 0 Å². The molecule has 1 aromatic heterocycles. The maximum Gasteiger partial charge on any atom is 0.337 e. The number of hydrogen-bond donors (Lipinski definition) is 0. The first-order chi connectivity index (χ1) is 10.1. The first kappa shape index (κ1) is 14.8. The Morgan fingerprint density at radius 2 is 2.24 bits per heavy atom. The highest BCUT2D eigenvalue weighted by Gasteiger charge is 2.49. The number of hydroxylamine groups is 2. The van der Waals surface area contributed by atoms with Gasteiger partial charge in [0.15, 0.2) is 11.3 Å². The third-order valence-corrected chi connectivity index (χ3v) is 4.89. The van der Waals surface area contributed by atoms with Gasteiger partial charge in [-0.15, -0.1) is 23.2 Å². The molecule has 0 saturated carbocycles. The Kier molecular flexibility index (Phi) is 3.90. The lowest BCUT2D eigenvalue weighted by atomic mass is 10.0. The van der Waals surface area contributed by atoms with Gasteiger partial charge in [-0.2, -0.15) is 5.06 Å². The molecule has 3 atom stereocenters. The minimum absolute atomic E-state index is 0.216. The second-order valence-corrected chi connectivity index (χ2v) is 5.89. The molecule has 2 aliphatic rings. The van der Waals surface area contributed by atoms with E-state index in [4.69, 9.17) is 44.4 Å². The van der Waals surface area contributed by atoms with Gasteiger partial charge in [0, 0.05) is 6.20 Å². The highest BCUT2D eigenvalue weighted by molar-refractivity contribution is 6.38. The molecule has 0 amide bonds. The zero-order valence-electron chi connectivity index (χ0n) is 10.9. The summed E-state index contributed by atoms with van der Waals surface area (Å²) in [4.78, 5) is 22.1. The van der Waals surface area contributed by atoms with Gasteiger partial charge in [-0.25, -0.2) is 4.79 Å². The first-order valence-electron chi connectivity index (χ1n) is 6.32. The molecule has 8 heteroatoms. The topological polar surface area (TPSA) is 51.7 Å². The van der Waals surface area contributed by atoms with Crippen LogP contribution in [0.5, 0.6) is 5.75 Å². The highest BCUT2D eigenvalue weighted by atomic mass is 35.5. The van der Waals surface area contributed by atoms with Gasteiger partial charge < -0.3 is 9.57 Å². The zero-order chi connectivity index (χ0) is 15.1. The summed E-state index contributed by atoms with van der Waals surface area (Å²) in [6.07, 6.45) is 1.60. The van der Waals surface area contributed by atoms with Crippen LogP contribution >= 0.6 is 34.8 Å². The first-order valence-corrected chi connectivity index (χ1v) is 7.63. The molecule has 5 nitrogen and oxygen atoms in total. The molecule has 0 bridgehead atoms. The molecule has 0 spiro atoms. The number of rotatable bonds is 2. The lowest BCUT2D eigenvalue weighted by Gasteiger charge is -2.35. The van der Waals surface area contributed by atoms with Crippen LogP contribution in [0.1, 0.15) is 12.6 Å². The van der Waals surface area contributed by atoms with Crippen LogP contribution in [0.25, 0.3) is 5.70 Å². The van der Waals surface area contributed by atoms with E-state index in [1.165, 1.54) is 5.06 Å². The van der Waals surface area contributed by atoms with Gasteiger partial charge in [0.05, 0.1) is 22.9 Å². The van der Waals surface area contributed by atoms with E-state index < -0.39 is 22.2 Å². The zero-order valence-corrected chi connectivity index (χ0v) is 13.2. The number of ether oxygens (including phenoxy) is 1.